The number of hydrogen-bond acceptors (Lipinski definition) is 6. The average molecular weight is 441 g/mol. The minimum Gasteiger partial charge on any atom is -0.493 e. The van der Waals surface area contributed by atoms with Gasteiger partial charge in [-0.3, -0.25) is 24.9 Å². The lowest BCUT2D eigenvalue weighted by molar-refractivity contribution is -0.388. The van der Waals surface area contributed by atoms with E-state index in [0.717, 1.165) is 6.07 Å². The number of rotatable bonds is 7. The highest BCUT2D eigenvalue weighted by molar-refractivity contribution is 5.93. The van der Waals surface area contributed by atoms with Gasteiger partial charge in [-0.15, -0.1) is 0 Å². The van der Waals surface area contributed by atoms with Crippen molar-refractivity contribution in [2.45, 2.75) is 20.0 Å². The minimum absolute atomic E-state index is 0.00707. The third kappa shape index (κ3) is 6.15. The molecule has 166 valence electrons. The minimum atomic E-state index is -5.06. The van der Waals surface area contributed by atoms with E-state index >= 15 is 0 Å². The van der Waals surface area contributed by atoms with Crippen LogP contribution in [0.5, 0.6) is 5.75 Å². The van der Waals surface area contributed by atoms with Gasteiger partial charge in [-0.25, -0.2) is 0 Å². The molecule has 0 spiro atoms. The molecule has 0 aliphatic rings. The van der Waals surface area contributed by atoms with Gasteiger partial charge in [0.2, 0.25) is 5.91 Å². The molecule has 0 fully saturated rings. The van der Waals surface area contributed by atoms with Gasteiger partial charge >= 0.3 is 6.18 Å². The number of nitro groups is 1. The number of carbonyl (C=O) groups is 2. The van der Waals surface area contributed by atoms with Crippen molar-refractivity contribution in [2.24, 2.45) is 5.92 Å². The molecular formula is C19H18F3N3O6. The van der Waals surface area contributed by atoms with E-state index in [0.29, 0.717) is 23.6 Å². The first-order valence-electron chi connectivity index (χ1n) is 8.79. The summed E-state index contributed by atoms with van der Waals surface area (Å²) in [7, 11) is 0. The van der Waals surface area contributed by atoms with Gasteiger partial charge in [-0.2, -0.15) is 18.2 Å². The molecule has 0 aliphatic carbocycles. The molecule has 0 heterocycles. The quantitative estimate of drug-likeness (QED) is 0.380. The molecule has 2 aromatic rings. The Morgan fingerprint density at radius 1 is 1.23 bits per heavy atom. The maximum atomic E-state index is 13.1. The van der Waals surface area contributed by atoms with Crippen LogP contribution in [0.2, 0.25) is 0 Å². The van der Waals surface area contributed by atoms with Crippen LogP contribution in [0, 0.1) is 16.0 Å². The summed E-state index contributed by atoms with van der Waals surface area (Å²) in [5, 5.41) is 23.4. The Labute approximate surface area is 174 Å². The molecule has 1 unspecified atom stereocenters. The van der Waals surface area contributed by atoms with Crippen LogP contribution >= 0.6 is 0 Å². The number of hydrogen-bond donors (Lipinski definition) is 2. The van der Waals surface area contributed by atoms with E-state index in [9.17, 15) is 38.1 Å². The lowest BCUT2D eigenvalue weighted by atomic mass is 10.1. The summed E-state index contributed by atoms with van der Waals surface area (Å²) in [4.78, 5) is 33.0. The van der Waals surface area contributed by atoms with Gasteiger partial charge in [0.15, 0.2) is 0 Å². The molecule has 0 radical (unpaired) electrons. The van der Waals surface area contributed by atoms with E-state index in [2.05, 4.69) is 5.32 Å². The number of ether oxygens (including phenoxy) is 1. The van der Waals surface area contributed by atoms with Gasteiger partial charge in [0.05, 0.1) is 23.1 Å². The van der Waals surface area contributed by atoms with Crippen molar-refractivity contribution in [3.63, 3.8) is 0 Å². The zero-order valence-electron chi connectivity index (χ0n) is 16.3. The fourth-order valence-corrected chi connectivity index (χ4v) is 2.51. The smallest absolute Gasteiger partial charge is 0.423 e. The molecule has 9 nitrogen and oxygen atoms in total. The second-order valence-corrected chi connectivity index (χ2v) is 6.52. The fourth-order valence-electron chi connectivity index (χ4n) is 2.51. The molecule has 12 heteroatoms. The number of carbonyl (C=O) groups excluding carboxylic acids is 2. The number of anilines is 2. The summed E-state index contributed by atoms with van der Waals surface area (Å²) in [6.07, 6.45) is -5.06. The zero-order valence-corrected chi connectivity index (χ0v) is 16.3. The predicted octanol–water partition coefficient (Wildman–Crippen LogP) is 4.01. The van der Waals surface area contributed by atoms with Crippen LogP contribution in [-0.4, -0.2) is 28.6 Å². The summed E-state index contributed by atoms with van der Waals surface area (Å²) < 4.78 is 44.7. The lowest BCUT2D eigenvalue weighted by Crippen LogP contribution is -2.35. The summed E-state index contributed by atoms with van der Waals surface area (Å²) in [6, 6.07) is 7.92. The monoisotopic (exact) mass is 441 g/mol. The molecule has 31 heavy (non-hydrogen) atoms. The number of benzene rings is 2. The average Bonchev–Trinajstić information content (AvgIpc) is 2.70. The number of hydroxylamine groups is 1. The van der Waals surface area contributed by atoms with Gasteiger partial charge in [-0.1, -0.05) is 6.92 Å². The highest BCUT2D eigenvalue weighted by atomic mass is 19.4. The van der Waals surface area contributed by atoms with Crippen LogP contribution in [0.15, 0.2) is 42.5 Å². The van der Waals surface area contributed by atoms with Gasteiger partial charge < -0.3 is 10.1 Å². The number of nitro benzene ring substituents is 1. The second-order valence-electron chi connectivity index (χ2n) is 6.52. The van der Waals surface area contributed by atoms with Gasteiger partial charge in [0, 0.05) is 18.7 Å². The third-order valence-electron chi connectivity index (χ3n) is 4.03. The van der Waals surface area contributed by atoms with E-state index in [1.54, 1.807) is 12.1 Å². The molecule has 0 saturated carbocycles. The molecule has 0 aromatic heterocycles. The number of alkyl halides is 3. The normalized spacial score (nSPS) is 12.1. The highest BCUT2D eigenvalue weighted by Crippen LogP contribution is 2.38. The largest absolute Gasteiger partial charge is 0.493 e. The molecule has 2 amide bonds. The first-order chi connectivity index (χ1) is 14.4. The summed E-state index contributed by atoms with van der Waals surface area (Å²) in [6.45, 7) is 2.52. The van der Waals surface area contributed by atoms with Gasteiger partial charge in [0.1, 0.15) is 11.3 Å². The van der Waals surface area contributed by atoms with Crippen LogP contribution in [-0.2, 0) is 15.8 Å². The first kappa shape index (κ1) is 23.6. The lowest BCUT2D eigenvalue weighted by Gasteiger charge is -2.20. The van der Waals surface area contributed by atoms with Crippen LogP contribution in [0.25, 0.3) is 0 Å². The van der Waals surface area contributed by atoms with Crippen molar-refractivity contribution >= 4 is 28.9 Å². The van der Waals surface area contributed by atoms with Crippen molar-refractivity contribution in [1.29, 1.82) is 0 Å². The number of halogens is 3. The van der Waals surface area contributed by atoms with Crippen molar-refractivity contribution in [2.75, 3.05) is 17.0 Å². The number of amides is 2. The molecule has 0 saturated heterocycles. The van der Waals surface area contributed by atoms with Crippen LogP contribution in [0.1, 0.15) is 19.4 Å². The van der Waals surface area contributed by atoms with Crippen molar-refractivity contribution < 1.29 is 37.6 Å². The molecule has 0 bridgehead atoms. The SMILES string of the molecule is CC(=O)Nc1ccc(OCC(C)C(=O)N(O)c2ccc([N+](=O)[O-])c(C(F)(F)F)c2)cc1. The summed E-state index contributed by atoms with van der Waals surface area (Å²) in [5.74, 6) is -1.84. The first-order valence-corrected chi connectivity index (χ1v) is 8.79. The second kappa shape index (κ2) is 9.43. The van der Waals surface area contributed by atoms with Crippen molar-refractivity contribution in [1.82, 2.24) is 0 Å². The zero-order chi connectivity index (χ0) is 23.3. The van der Waals surface area contributed by atoms with Crippen LogP contribution < -0.4 is 15.1 Å². The van der Waals surface area contributed by atoms with E-state index in [1.165, 1.54) is 26.0 Å². The maximum Gasteiger partial charge on any atom is 0.423 e. The summed E-state index contributed by atoms with van der Waals surface area (Å²) >= 11 is 0. The van der Waals surface area contributed by atoms with E-state index in [4.69, 9.17) is 4.74 Å². The number of nitrogens with zero attached hydrogens (tertiary/aromatic N) is 2. The molecule has 1 atom stereocenters. The standard InChI is InChI=1S/C19H18F3N3O6/c1-11(10-31-15-6-3-13(4-7-15)23-12(2)26)18(27)24(28)14-5-8-17(25(29)30)16(9-14)19(20,21)22/h3-9,11,28H,10H2,1-2H3,(H,23,26). The van der Waals surface area contributed by atoms with Gasteiger partial charge in [-0.05, 0) is 36.4 Å². The molecule has 0 aliphatic heterocycles. The number of nitrogens with one attached hydrogen (secondary N) is 1. The van der Waals surface area contributed by atoms with E-state index in [1.807, 2.05) is 0 Å². The Morgan fingerprint density at radius 2 is 1.84 bits per heavy atom. The Kier molecular flexibility index (Phi) is 7.18. The van der Waals surface area contributed by atoms with Crippen LogP contribution in [0.3, 0.4) is 0 Å². The molecule has 2 aromatic carbocycles. The predicted molar refractivity (Wildman–Crippen MR) is 103 cm³/mol. The Bertz CT molecular complexity index is 979. The molecular weight excluding hydrogens is 423 g/mol. The highest BCUT2D eigenvalue weighted by Gasteiger charge is 2.39. The Balaban J connectivity index is 2.08. The van der Waals surface area contributed by atoms with Gasteiger partial charge in [0.25, 0.3) is 11.6 Å². The summed E-state index contributed by atoms with van der Waals surface area (Å²) in [5.41, 5.74) is -2.83. The Hall–Kier alpha value is -3.67. The Morgan fingerprint density at radius 3 is 2.35 bits per heavy atom. The van der Waals surface area contributed by atoms with E-state index in [-0.39, 0.29) is 17.6 Å². The topological polar surface area (TPSA) is 122 Å². The van der Waals surface area contributed by atoms with Crippen LogP contribution in [0.4, 0.5) is 30.2 Å². The fraction of sp³-hybridized carbons (Fsp3) is 0.263. The van der Waals surface area contributed by atoms with E-state index < -0.39 is 39.9 Å². The van der Waals surface area contributed by atoms with Crippen molar-refractivity contribution in [3.8, 4) is 5.75 Å². The molecule has 2 N–H and O–H groups in total. The van der Waals surface area contributed by atoms with Crippen molar-refractivity contribution in [3.05, 3.63) is 58.1 Å². The third-order valence-corrected chi connectivity index (χ3v) is 4.03. The molecule has 2 rings (SSSR count). The maximum absolute atomic E-state index is 13.1.